The van der Waals surface area contributed by atoms with Crippen molar-refractivity contribution in [2.24, 2.45) is 0 Å². The van der Waals surface area contributed by atoms with Crippen LogP contribution in [-0.2, 0) is 4.79 Å². The average molecular weight is 212 g/mol. The van der Waals surface area contributed by atoms with Gasteiger partial charge in [-0.2, -0.15) is 0 Å². The minimum absolute atomic E-state index is 0.287. The Balaban J connectivity index is 2.14. The predicted octanol–water partition coefficient (Wildman–Crippen LogP) is 1.73. The number of nitrogens with zero attached hydrogens (tertiary/aromatic N) is 2. The summed E-state index contributed by atoms with van der Waals surface area (Å²) in [6.45, 7) is 6.42. The lowest BCUT2D eigenvalue weighted by Crippen LogP contribution is -2.38. The first-order valence-corrected chi connectivity index (χ1v) is 6.20. The monoisotopic (exact) mass is 212 g/mol. The standard InChI is InChI=1S/C12H24N2O/c1-3-7-12(15)13(2)10-11-14-8-5-4-6-9-14/h3-11H2,1-2H3. The average Bonchev–Trinajstić information content (AvgIpc) is 2.27. The topological polar surface area (TPSA) is 23.6 Å². The Morgan fingerprint density at radius 3 is 2.53 bits per heavy atom. The van der Waals surface area contributed by atoms with Crippen LogP contribution in [0, 0.1) is 0 Å². The molecule has 0 bridgehead atoms. The van der Waals surface area contributed by atoms with Crippen molar-refractivity contribution in [3.8, 4) is 0 Å². The molecule has 15 heavy (non-hydrogen) atoms. The van der Waals surface area contributed by atoms with Crippen molar-refractivity contribution < 1.29 is 4.79 Å². The Hall–Kier alpha value is -0.570. The van der Waals surface area contributed by atoms with Crippen molar-refractivity contribution in [3.05, 3.63) is 0 Å². The minimum atomic E-state index is 0.287. The second-order valence-corrected chi connectivity index (χ2v) is 4.47. The molecule has 0 unspecified atom stereocenters. The van der Waals surface area contributed by atoms with Crippen LogP contribution in [0.1, 0.15) is 39.0 Å². The summed E-state index contributed by atoms with van der Waals surface area (Å²) in [5.41, 5.74) is 0. The fourth-order valence-electron chi connectivity index (χ4n) is 2.00. The number of likely N-dealkylation sites (N-methyl/N-ethyl adjacent to an activating group) is 1. The highest BCUT2D eigenvalue weighted by atomic mass is 16.2. The molecule has 1 aliphatic heterocycles. The van der Waals surface area contributed by atoms with Gasteiger partial charge in [0.25, 0.3) is 0 Å². The number of amides is 1. The molecule has 1 aliphatic rings. The van der Waals surface area contributed by atoms with Gasteiger partial charge in [0.1, 0.15) is 0 Å². The van der Waals surface area contributed by atoms with E-state index in [1.807, 2.05) is 11.9 Å². The molecular formula is C12H24N2O. The first-order chi connectivity index (χ1) is 7.24. The Morgan fingerprint density at radius 1 is 1.27 bits per heavy atom. The maximum atomic E-state index is 11.5. The molecule has 0 aromatic heterocycles. The normalized spacial score (nSPS) is 17.7. The lowest BCUT2D eigenvalue weighted by Gasteiger charge is -2.28. The lowest BCUT2D eigenvalue weighted by molar-refractivity contribution is -0.130. The second kappa shape index (κ2) is 6.83. The van der Waals surface area contributed by atoms with E-state index in [2.05, 4.69) is 11.8 Å². The highest BCUT2D eigenvalue weighted by molar-refractivity contribution is 5.75. The zero-order chi connectivity index (χ0) is 11.1. The number of likely N-dealkylation sites (tertiary alicyclic amines) is 1. The third kappa shape index (κ3) is 4.65. The molecule has 0 saturated carbocycles. The largest absolute Gasteiger partial charge is 0.344 e. The van der Waals surface area contributed by atoms with E-state index < -0.39 is 0 Å². The molecular weight excluding hydrogens is 188 g/mol. The van der Waals surface area contributed by atoms with E-state index in [4.69, 9.17) is 0 Å². The van der Waals surface area contributed by atoms with Gasteiger partial charge < -0.3 is 9.80 Å². The molecule has 0 atom stereocenters. The summed E-state index contributed by atoms with van der Waals surface area (Å²) >= 11 is 0. The van der Waals surface area contributed by atoms with Crippen molar-refractivity contribution in [3.63, 3.8) is 0 Å². The first-order valence-electron chi connectivity index (χ1n) is 6.20. The van der Waals surface area contributed by atoms with Gasteiger partial charge in [-0.25, -0.2) is 0 Å². The molecule has 1 rings (SSSR count). The van der Waals surface area contributed by atoms with Crippen molar-refractivity contribution in [2.45, 2.75) is 39.0 Å². The van der Waals surface area contributed by atoms with E-state index >= 15 is 0 Å². The van der Waals surface area contributed by atoms with Crippen LogP contribution in [0.2, 0.25) is 0 Å². The fourth-order valence-corrected chi connectivity index (χ4v) is 2.00. The Labute approximate surface area is 93.4 Å². The number of carbonyl (C=O) groups excluding carboxylic acids is 1. The zero-order valence-electron chi connectivity index (χ0n) is 10.2. The third-order valence-corrected chi connectivity index (χ3v) is 3.09. The van der Waals surface area contributed by atoms with Gasteiger partial charge in [0, 0.05) is 26.6 Å². The molecule has 0 spiro atoms. The number of hydrogen-bond donors (Lipinski definition) is 0. The van der Waals surface area contributed by atoms with Crippen LogP contribution in [0.25, 0.3) is 0 Å². The van der Waals surface area contributed by atoms with Crippen LogP contribution in [0.4, 0.5) is 0 Å². The summed E-state index contributed by atoms with van der Waals surface area (Å²) in [6, 6.07) is 0. The van der Waals surface area contributed by atoms with E-state index in [0.29, 0.717) is 6.42 Å². The number of hydrogen-bond acceptors (Lipinski definition) is 2. The van der Waals surface area contributed by atoms with Gasteiger partial charge in [-0.15, -0.1) is 0 Å². The van der Waals surface area contributed by atoms with Crippen LogP contribution in [0.5, 0.6) is 0 Å². The van der Waals surface area contributed by atoms with E-state index in [1.165, 1.54) is 32.4 Å². The molecule has 0 N–H and O–H groups in total. The molecule has 1 amide bonds. The van der Waals surface area contributed by atoms with Crippen LogP contribution >= 0.6 is 0 Å². The zero-order valence-corrected chi connectivity index (χ0v) is 10.2. The van der Waals surface area contributed by atoms with E-state index in [-0.39, 0.29) is 5.91 Å². The van der Waals surface area contributed by atoms with Crippen LogP contribution in [0.3, 0.4) is 0 Å². The number of piperidine rings is 1. The van der Waals surface area contributed by atoms with Crippen molar-refractivity contribution >= 4 is 5.91 Å². The molecule has 1 heterocycles. The second-order valence-electron chi connectivity index (χ2n) is 4.47. The van der Waals surface area contributed by atoms with Gasteiger partial charge in [0.05, 0.1) is 0 Å². The fraction of sp³-hybridized carbons (Fsp3) is 0.917. The molecule has 3 nitrogen and oxygen atoms in total. The summed E-state index contributed by atoms with van der Waals surface area (Å²) in [5.74, 6) is 0.287. The van der Waals surface area contributed by atoms with Crippen LogP contribution < -0.4 is 0 Å². The molecule has 0 aromatic rings. The summed E-state index contributed by atoms with van der Waals surface area (Å²) in [6.07, 6.45) is 5.67. The van der Waals surface area contributed by atoms with Gasteiger partial charge in [-0.05, 0) is 32.4 Å². The molecule has 3 heteroatoms. The van der Waals surface area contributed by atoms with E-state index in [1.54, 1.807) is 0 Å². The minimum Gasteiger partial charge on any atom is -0.344 e. The molecule has 0 aromatic carbocycles. The summed E-state index contributed by atoms with van der Waals surface area (Å²) in [5, 5.41) is 0. The Bertz CT molecular complexity index is 188. The lowest BCUT2D eigenvalue weighted by atomic mass is 10.1. The molecule has 0 radical (unpaired) electrons. The Morgan fingerprint density at radius 2 is 1.93 bits per heavy atom. The van der Waals surface area contributed by atoms with Crippen LogP contribution in [-0.4, -0.2) is 48.9 Å². The van der Waals surface area contributed by atoms with Crippen molar-refractivity contribution in [1.82, 2.24) is 9.80 Å². The highest BCUT2D eigenvalue weighted by Gasteiger charge is 2.12. The van der Waals surface area contributed by atoms with E-state index in [9.17, 15) is 4.79 Å². The third-order valence-electron chi connectivity index (χ3n) is 3.09. The molecule has 1 fully saturated rings. The Kier molecular flexibility index (Phi) is 5.69. The number of carbonyl (C=O) groups is 1. The van der Waals surface area contributed by atoms with Gasteiger partial charge in [0.15, 0.2) is 0 Å². The summed E-state index contributed by atoms with van der Waals surface area (Å²) in [4.78, 5) is 15.9. The van der Waals surface area contributed by atoms with Gasteiger partial charge in [0.2, 0.25) is 5.91 Å². The SMILES string of the molecule is CCCC(=O)N(C)CCN1CCCCC1. The number of rotatable bonds is 5. The van der Waals surface area contributed by atoms with E-state index in [0.717, 1.165) is 19.5 Å². The maximum Gasteiger partial charge on any atom is 0.222 e. The molecule has 88 valence electrons. The predicted molar refractivity (Wildman–Crippen MR) is 62.8 cm³/mol. The molecule has 1 saturated heterocycles. The molecule has 0 aliphatic carbocycles. The van der Waals surface area contributed by atoms with Gasteiger partial charge in [-0.3, -0.25) is 4.79 Å². The summed E-state index contributed by atoms with van der Waals surface area (Å²) < 4.78 is 0. The van der Waals surface area contributed by atoms with Gasteiger partial charge in [-0.1, -0.05) is 13.3 Å². The highest BCUT2D eigenvalue weighted by Crippen LogP contribution is 2.08. The smallest absolute Gasteiger partial charge is 0.222 e. The van der Waals surface area contributed by atoms with Crippen molar-refractivity contribution in [1.29, 1.82) is 0 Å². The van der Waals surface area contributed by atoms with Crippen molar-refractivity contribution in [2.75, 3.05) is 33.2 Å². The van der Waals surface area contributed by atoms with Gasteiger partial charge >= 0.3 is 0 Å². The maximum absolute atomic E-state index is 11.5. The quantitative estimate of drug-likeness (QED) is 0.693. The first kappa shape index (κ1) is 12.5. The van der Waals surface area contributed by atoms with Crippen LogP contribution in [0.15, 0.2) is 0 Å². The summed E-state index contributed by atoms with van der Waals surface area (Å²) in [7, 11) is 1.92.